The molecule has 0 aromatic rings. The lowest BCUT2D eigenvalue weighted by molar-refractivity contribution is -0.147. The first-order chi connectivity index (χ1) is 5.18. The van der Waals surface area contributed by atoms with E-state index in [1.54, 1.807) is 0 Å². The van der Waals surface area contributed by atoms with Gasteiger partial charge in [0.1, 0.15) is 0 Å². The standard InChI is InChI=1S/C8H17NO2/c1-7(2)8(10)11-6-4-5-9-3/h7,9H,4-6H2,1-3H3. The average molecular weight is 159 g/mol. The number of rotatable bonds is 5. The van der Waals surface area contributed by atoms with Crippen LogP contribution >= 0.6 is 0 Å². The minimum atomic E-state index is -0.110. The van der Waals surface area contributed by atoms with Crippen molar-refractivity contribution in [1.29, 1.82) is 0 Å². The molecule has 3 heteroatoms. The van der Waals surface area contributed by atoms with E-state index in [4.69, 9.17) is 4.74 Å². The molecule has 0 aliphatic rings. The summed E-state index contributed by atoms with van der Waals surface area (Å²) in [5.41, 5.74) is 0. The van der Waals surface area contributed by atoms with Gasteiger partial charge < -0.3 is 10.1 Å². The minimum Gasteiger partial charge on any atom is -0.465 e. The second-order valence-electron chi connectivity index (χ2n) is 2.78. The zero-order valence-electron chi connectivity index (χ0n) is 7.52. The van der Waals surface area contributed by atoms with Gasteiger partial charge in [-0.2, -0.15) is 0 Å². The Morgan fingerprint density at radius 2 is 2.18 bits per heavy atom. The highest BCUT2D eigenvalue weighted by Gasteiger charge is 2.06. The van der Waals surface area contributed by atoms with Crippen molar-refractivity contribution >= 4 is 5.97 Å². The molecule has 66 valence electrons. The highest BCUT2D eigenvalue weighted by molar-refractivity contribution is 5.71. The fourth-order valence-electron chi connectivity index (χ4n) is 0.588. The van der Waals surface area contributed by atoms with Crippen molar-refractivity contribution < 1.29 is 9.53 Å². The van der Waals surface area contributed by atoms with Gasteiger partial charge in [-0.25, -0.2) is 0 Å². The molecule has 11 heavy (non-hydrogen) atoms. The smallest absolute Gasteiger partial charge is 0.308 e. The first-order valence-corrected chi connectivity index (χ1v) is 3.99. The second kappa shape index (κ2) is 6.16. The maximum Gasteiger partial charge on any atom is 0.308 e. The Bertz CT molecular complexity index is 113. The molecule has 3 nitrogen and oxygen atoms in total. The molecule has 0 amide bonds. The Morgan fingerprint density at radius 1 is 1.55 bits per heavy atom. The Balaban J connectivity index is 3.18. The summed E-state index contributed by atoms with van der Waals surface area (Å²) >= 11 is 0. The lowest BCUT2D eigenvalue weighted by atomic mass is 10.2. The molecule has 0 heterocycles. The van der Waals surface area contributed by atoms with Crippen molar-refractivity contribution in [2.24, 2.45) is 5.92 Å². The predicted octanol–water partition coefficient (Wildman–Crippen LogP) is 0.795. The Kier molecular flexibility index (Phi) is 5.84. The predicted molar refractivity (Wildman–Crippen MR) is 44.3 cm³/mol. The maximum absolute atomic E-state index is 10.9. The quantitative estimate of drug-likeness (QED) is 0.476. The summed E-state index contributed by atoms with van der Waals surface area (Å²) in [5.74, 6) is -0.120. The first kappa shape index (κ1) is 10.4. The zero-order chi connectivity index (χ0) is 8.69. The van der Waals surface area contributed by atoms with Gasteiger partial charge in [-0.3, -0.25) is 4.79 Å². The third kappa shape index (κ3) is 5.85. The van der Waals surface area contributed by atoms with E-state index in [0.29, 0.717) is 6.61 Å². The van der Waals surface area contributed by atoms with Crippen LogP contribution in [-0.4, -0.2) is 26.2 Å². The third-order valence-electron chi connectivity index (χ3n) is 1.29. The molecule has 0 aliphatic carbocycles. The molecular weight excluding hydrogens is 142 g/mol. The van der Waals surface area contributed by atoms with Gasteiger partial charge >= 0.3 is 5.97 Å². The van der Waals surface area contributed by atoms with Crippen LogP contribution in [0.3, 0.4) is 0 Å². The molecule has 0 fully saturated rings. The monoisotopic (exact) mass is 159 g/mol. The van der Waals surface area contributed by atoms with Crippen molar-refractivity contribution in [3.05, 3.63) is 0 Å². The number of nitrogens with one attached hydrogen (secondary N) is 1. The molecule has 0 saturated carbocycles. The summed E-state index contributed by atoms with van der Waals surface area (Å²) in [4.78, 5) is 10.9. The fourth-order valence-corrected chi connectivity index (χ4v) is 0.588. The van der Waals surface area contributed by atoms with E-state index < -0.39 is 0 Å². The Morgan fingerprint density at radius 3 is 2.64 bits per heavy atom. The highest BCUT2D eigenvalue weighted by Crippen LogP contribution is 1.95. The van der Waals surface area contributed by atoms with Crippen LogP contribution < -0.4 is 5.32 Å². The van der Waals surface area contributed by atoms with Gasteiger partial charge in [0.25, 0.3) is 0 Å². The molecule has 0 aliphatic heterocycles. The van der Waals surface area contributed by atoms with Gasteiger partial charge in [0, 0.05) is 0 Å². The van der Waals surface area contributed by atoms with Crippen LogP contribution in [0, 0.1) is 5.92 Å². The number of hydrogen-bond acceptors (Lipinski definition) is 3. The Hall–Kier alpha value is -0.570. The third-order valence-corrected chi connectivity index (χ3v) is 1.29. The second-order valence-corrected chi connectivity index (χ2v) is 2.78. The zero-order valence-corrected chi connectivity index (χ0v) is 7.52. The number of hydrogen-bond donors (Lipinski definition) is 1. The largest absolute Gasteiger partial charge is 0.465 e. The molecule has 0 atom stereocenters. The number of carbonyl (C=O) groups excluding carboxylic acids is 1. The molecule has 0 spiro atoms. The van der Waals surface area contributed by atoms with Gasteiger partial charge in [-0.05, 0) is 20.0 Å². The van der Waals surface area contributed by atoms with Gasteiger partial charge in [-0.15, -0.1) is 0 Å². The van der Waals surface area contributed by atoms with E-state index in [1.165, 1.54) is 0 Å². The lowest BCUT2D eigenvalue weighted by Gasteiger charge is -2.05. The number of carbonyl (C=O) groups is 1. The van der Waals surface area contributed by atoms with Crippen LogP contribution in [0.1, 0.15) is 20.3 Å². The van der Waals surface area contributed by atoms with Crippen LogP contribution in [0.25, 0.3) is 0 Å². The van der Waals surface area contributed by atoms with Crippen LogP contribution in [0.4, 0.5) is 0 Å². The number of esters is 1. The van der Waals surface area contributed by atoms with Crippen LogP contribution in [-0.2, 0) is 9.53 Å². The molecule has 1 N–H and O–H groups in total. The first-order valence-electron chi connectivity index (χ1n) is 3.99. The van der Waals surface area contributed by atoms with E-state index in [0.717, 1.165) is 13.0 Å². The van der Waals surface area contributed by atoms with Crippen LogP contribution in [0.2, 0.25) is 0 Å². The Labute approximate surface area is 68.1 Å². The number of ether oxygens (including phenoxy) is 1. The summed E-state index contributed by atoms with van der Waals surface area (Å²) < 4.78 is 4.93. The molecule has 0 saturated heterocycles. The SMILES string of the molecule is CNCCCOC(=O)C(C)C. The van der Waals surface area contributed by atoms with E-state index in [1.807, 2.05) is 20.9 Å². The van der Waals surface area contributed by atoms with E-state index in [-0.39, 0.29) is 11.9 Å². The molecular formula is C8H17NO2. The summed E-state index contributed by atoms with van der Waals surface area (Å²) in [6.45, 7) is 5.09. The summed E-state index contributed by atoms with van der Waals surface area (Å²) in [5, 5.41) is 2.98. The summed E-state index contributed by atoms with van der Waals surface area (Å²) in [6.07, 6.45) is 0.884. The average Bonchev–Trinajstić information content (AvgIpc) is 1.97. The lowest BCUT2D eigenvalue weighted by Crippen LogP contribution is -2.16. The van der Waals surface area contributed by atoms with Crippen LogP contribution in [0.5, 0.6) is 0 Å². The fraction of sp³-hybridized carbons (Fsp3) is 0.875. The normalized spacial score (nSPS) is 10.2. The van der Waals surface area contributed by atoms with Gasteiger partial charge in [0.2, 0.25) is 0 Å². The van der Waals surface area contributed by atoms with Gasteiger partial charge in [0.05, 0.1) is 12.5 Å². The molecule has 0 aromatic heterocycles. The molecule has 0 bridgehead atoms. The van der Waals surface area contributed by atoms with Crippen molar-refractivity contribution in [2.45, 2.75) is 20.3 Å². The topological polar surface area (TPSA) is 38.3 Å². The molecule has 0 rings (SSSR count). The molecule has 0 radical (unpaired) electrons. The van der Waals surface area contributed by atoms with E-state index in [9.17, 15) is 4.79 Å². The van der Waals surface area contributed by atoms with Crippen molar-refractivity contribution in [1.82, 2.24) is 5.32 Å². The van der Waals surface area contributed by atoms with Crippen molar-refractivity contribution in [2.75, 3.05) is 20.2 Å². The van der Waals surface area contributed by atoms with E-state index >= 15 is 0 Å². The van der Waals surface area contributed by atoms with Crippen molar-refractivity contribution in [3.63, 3.8) is 0 Å². The van der Waals surface area contributed by atoms with E-state index in [2.05, 4.69) is 5.32 Å². The van der Waals surface area contributed by atoms with Gasteiger partial charge in [-0.1, -0.05) is 13.8 Å². The highest BCUT2D eigenvalue weighted by atomic mass is 16.5. The molecule has 0 aromatic carbocycles. The van der Waals surface area contributed by atoms with Crippen LogP contribution in [0.15, 0.2) is 0 Å². The summed E-state index contributed by atoms with van der Waals surface area (Å²) in [6, 6.07) is 0. The van der Waals surface area contributed by atoms with Gasteiger partial charge in [0.15, 0.2) is 0 Å². The minimum absolute atomic E-state index is 0.00964. The molecule has 0 unspecified atom stereocenters. The van der Waals surface area contributed by atoms with Crippen molar-refractivity contribution in [3.8, 4) is 0 Å². The summed E-state index contributed by atoms with van der Waals surface area (Å²) in [7, 11) is 1.88. The maximum atomic E-state index is 10.9.